The molecule has 1 rings (SSSR count). The van der Waals surface area contributed by atoms with E-state index in [0.717, 1.165) is 5.56 Å². The summed E-state index contributed by atoms with van der Waals surface area (Å²) in [7, 11) is 0. The highest BCUT2D eigenvalue weighted by Crippen LogP contribution is 2.06. The van der Waals surface area contributed by atoms with Gasteiger partial charge in [-0.05, 0) is 40.3 Å². The van der Waals surface area contributed by atoms with Gasteiger partial charge < -0.3 is 15.5 Å². The highest BCUT2D eigenvalue weighted by atomic mass is 127. The Bertz CT molecular complexity index is 259. The first-order valence-electron chi connectivity index (χ1n) is 4.46. The van der Waals surface area contributed by atoms with Crippen molar-refractivity contribution < 1.29 is 10.2 Å². The minimum absolute atomic E-state index is 0.0408. The number of benzene rings is 1. The molecule has 4 heteroatoms. The summed E-state index contributed by atoms with van der Waals surface area (Å²) in [6, 6.07) is 7.89. The maximum atomic E-state index is 8.82. The van der Waals surface area contributed by atoms with Gasteiger partial charge in [0.2, 0.25) is 0 Å². The molecule has 0 amide bonds. The molecular weight excluding hydrogens is 293 g/mol. The van der Waals surface area contributed by atoms with Gasteiger partial charge in [0.15, 0.2) is 0 Å². The number of nitrogens with one attached hydrogen (secondary N) is 1. The van der Waals surface area contributed by atoms with Crippen LogP contribution in [-0.4, -0.2) is 29.5 Å². The van der Waals surface area contributed by atoms with Crippen molar-refractivity contribution in [2.24, 2.45) is 0 Å². The standard InChI is InChI=1S/C10H14INO2/c11-9-3-1-8(2-4-9)5-12-10(6-13)7-14/h1-4,10,12-14H,5-7H2. The third kappa shape index (κ3) is 3.91. The lowest BCUT2D eigenvalue weighted by molar-refractivity contribution is 0.170. The Balaban J connectivity index is 2.41. The largest absolute Gasteiger partial charge is 0.395 e. The van der Waals surface area contributed by atoms with Crippen LogP contribution < -0.4 is 5.32 Å². The third-order valence-electron chi connectivity index (χ3n) is 1.95. The molecule has 78 valence electrons. The second-order valence-corrected chi connectivity index (χ2v) is 4.32. The lowest BCUT2D eigenvalue weighted by Crippen LogP contribution is -2.35. The Morgan fingerprint density at radius 3 is 2.21 bits per heavy atom. The van der Waals surface area contributed by atoms with Gasteiger partial charge in [-0.25, -0.2) is 0 Å². The Labute approximate surface area is 97.3 Å². The van der Waals surface area contributed by atoms with Crippen molar-refractivity contribution in [3.63, 3.8) is 0 Å². The van der Waals surface area contributed by atoms with Crippen LogP contribution in [0.1, 0.15) is 5.56 Å². The minimum atomic E-state index is -0.228. The summed E-state index contributed by atoms with van der Waals surface area (Å²) in [4.78, 5) is 0. The number of halogens is 1. The van der Waals surface area contributed by atoms with Gasteiger partial charge in [0.1, 0.15) is 0 Å². The van der Waals surface area contributed by atoms with E-state index in [0.29, 0.717) is 6.54 Å². The summed E-state index contributed by atoms with van der Waals surface area (Å²) >= 11 is 2.25. The predicted molar refractivity (Wildman–Crippen MR) is 64.0 cm³/mol. The average molecular weight is 307 g/mol. The van der Waals surface area contributed by atoms with Crippen molar-refractivity contribution in [2.45, 2.75) is 12.6 Å². The molecular formula is C10H14INO2. The first-order chi connectivity index (χ1) is 6.76. The van der Waals surface area contributed by atoms with E-state index in [1.165, 1.54) is 3.57 Å². The molecule has 3 N–H and O–H groups in total. The van der Waals surface area contributed by atoms with Gasteiger partial charge in [-0.3, -0.25) is 0 Å². The van der Waals surface area contributed by atoms with E-state index in [4.69, 9.17) is 10.2 Å². The predicted octanol–water partition coefficient (Wildman–Crippen LogP) is 0.734. The maximum Gasteiger partial charge on any atom is 0.0607 e. The lowest BCUT2D eigenvalue weighted by atomic mass is 10.2. The average Bonchev–Trinajstić information content (AvgIpc) is 2.22. The first kappa shape index (κ1) is 11.9. The summed E-state index contributed by atoms with van der Waals surface area (Å²) < 4.78 is 1.20. The second kappa shape index (κ2) is 6.34. The number of rotatable bonds is 5. The fraction of sp³-hybridized carbons (Fsp3) is 0.400. The number of hydrogen-bond donors (Lipinski definition) is 3. The zero-order valence-electron chi connectivity index (χ0n) is 7.78. The molecule has 0 aliphatic rings. The molecule has 0 aliphatic heterocycles. The minimum Gasteiger partial charge on any atom is -0.395 e. The molecule has 0 saturated heterocycles. The zero-order valence-corrected chi connectivity index (χ0v) is 9.94. The van der Waals surface area contributed by atoms with Gasteiger partial charge in [-0.15, -0.1) is 0 Å². The first-order valence-corrected chi connectivity index (χ1v) is 5.53. The SMILES string of the molecule is OCC(CO)NCc1ccc(I)cc1. The monoisotopic (exact) mass is 307 g/mol. The molecule has 0 saturated carbocycles. The van der Waals surface area contributed by atoms with Crippen molar-refractivity contribution in [3.8, 4) is 0 Å². The second-order valence-electron chi connectivity index (χ2n) is 3.07. The normalized spacial score (nSPS) is 10.9. The van der Waals surface area contributed by atoms with Gasteiger partial charge in [0.25, 0.3) is 0 Å². The highest BCUT2D eigenvalue weighted by Gasteiger charge is 2.03. The van der Waals surface area contributed by atoms with Crippen LogP contribution in [0.15, 0.2) is 24.3 Å². The van der Waals surface area contributed by atoms with E-state index in [2.05, 4.69) is 27.9 Å². The van der Waals surface area contributed by atoms with Crippen LogP contribution in [0, 0.1) is 3.57 Å². The van der Waals surface area contributed by atoms with Crippen molar-refractivity contribution in [1.29, 1.82) is 0 Å². The molecule has 1 aromatic carbocycles. The van der Waals surface area contributed by atoms with Crippen molar-refractivity contribution >= 4 is 22.6 Å². The van der Waals surface area contributed by atoms with Crippen LogP contribution in [0.25, 0.3) is 0 Å². The Hall–Kier alpha value is -0.170. The third-order valence-corrected chi connectivity index (χ3v) is 2.67. The molecule has 0 radical (unpaired) electrons. The zero-order chi connectivity index (χ0) is 10.4. The molecule has 0 spiro atoms. The molecule has 1 aromatic rings. The molecule has 0 aromatic heterocycles. The van der Waals surface area contributed by atoms with Gasteiger partial charge in [-0.2, -0.15) is 0 Å². The van der Waals surface area contributed by atoms with Crippen molar-refractivity contribution in [1.82, 2.24) is 5.32 Å². The maximum absolute atomic E-state index is 8.82. The molecule has 3 nitrogen and oxygen atoms in total. The Morgan fingerprint density at radius 1 is 1.14 bits per heavy atom. The van der Waals surface area contributed by atoms with Gasteiger partial charge in [0.05, 0.1) is 19.3 Å². The fourth-order valence-electron chi connectivity index (χ4n) is 1.05. The molecule has 0 fully saturated rings. The van der Waals surface area contributed by atoms with Crippen molar-refractivity contribution in [3.05, 3.63) is 33.4 Å². The Kier molecular flexibility index (Phi) is 5.39. The summed E-state index contributed by atoms with van der Waals surface area (Å²) in [6.07, 6.45) is 0. The molecule has 0 atom stereocenters. The summed E-state index contributed by atoms with van der Waals surface area (Å²) in [5, 5.41) is 20.7. The van der Waals surface area contributed by atoms with Crippen LogP contribution in [0.5, 0.6) is 0 Å². The number of aliphatic hydroxyl groups excluding tert-OH is 2. The summed E-state index contributed by atoms with van der Waals surface area (Å²) in [5.74, 6) is 0. The number of hydrogen-bond acceptors (Lipinski definition) is 3. The van der Waals surface area contributed by atoms with Crippen LogP contribution in [0.2, 0.25) is 0 Å². The van der Waals surface area contributed by atoms with Gasteiger partial charge in [0, 0.05) is 10.1 Å². The van der Waals surface area contributed by atoms with E-state index >= 15 is 0 Å². The van der Waals surface area contributed by atoms with Crippen LogP contribution >= 0.6 is 22.6 Å². The van der Waals surface area contributed by atoms with E-state index < -0.39 is 0 Å². The van der Waals surface area contributed by atoms with Crippen LogP contribution in [0.4, 0.5) is 0 Å². The number of aliphatic hydroxyl groups is 2. The molecule has 14 heavy (non-hydrogen) atoms. The molecule has 0 heterocycles. The molecule has 0 unspecified atom stereocenters. The van der Waals surface area contributed by atoms with E-state index in [9.17, 15) is 0 Å². The van der Waals surface area contributed by atoms with E-state index in [1.54, 1.807) is 0 Å². The van der Waals surface area contributed by atoms with Gasteiger partial charge in [-0.1, -0.05) is 12.1 Å². The van der Waals surface area contributed by atoms with Crippen LogP contribution in [-0.2, 0) is 6.54 Å². The topological polar surface area (TPSA) is 52.5 Å². The Morgan fingerprint density at radius 2 is 1.71 bits per heavy atom. The van der Waals surface area contributed by atoms with E-state index in [-0.39, 0.29) is 19.3 Å². The lowest BCUT2D eigenvalue weighted by Gasteiger charge is -2.12. The summed E-state index contributed by atoms with van der Waals surface area (Å²) in [5.41, 5.74) is 1.15. The quantitative estimate of drug-likeness (QED) is 0.703. The summed E-state index contributed by atoms with van der Waals surface area (Å²) in [6.45, 7) is 0.588. The van der Waals surface area contributed by atoms with E-state index in [1.807, 2.05) is 24.3 Å². The van der Waals surface area contributed by atoms with Gasteiger partial charge >= 0.3 is 0 Å². The van der Waals surface area contributed by atoms with Crippen LogP contribution in [0.3, 0.4) is 0 Å². The highest BCUT2D eigenvalue weighted by molar-refractivity contribution is 14.1. The van der Waals surface area contributed by atoms with Crippen molar-refractivity contribution in [2.75, 3.05) is 13.2 Å². The fourth-order valence-corrected chi connectivity index (χ4v) is 1.41. The molecule has 0 aliphatic carbocycles. The smallest absolute Gasteiger partial charge is 0.0607 e. The molecule has 0 bridgehead atoms.